The number of aromatic nitrogens is 8. The first kappa shape index (κ1) is 32.0. The Morgan fingerprint density at radius 3 is 2.43 bits per heavy atom. The van der Waals surface area contributed by atoms with Gasteiger partial charge in [-0.2, -0.15) is 10.4 Å². The van der Waals surface area contributed by atoms with Crippen LogP contribution in [0.15, 0.2) is 84.3 Å². The van der Waals surface area contributed by atoms with E-state index in [1.807, 2.05) is 50.2 Å². The lowest BCUT2D eigenvalue weighted by Crippen LogP contribution is -2.46. The van der Waals surface area contributed by atoms with Gasteiger partial charge in [-0.15, -0.1) is 5.10 Å². The van der Waals surface area contributed by atoms with Crippen LogP contribution in [-0.2, 0) is 21.8 Å². The van der Waals surface area contributed by atoms with E-state index in [9.17, 15) is 10.1 Å². The van der Waals surface area contributed by atoms with Crippen LogP contribution in [0.4, 0.5) is 11.5 Å². The molecule has 0 aliphatic carbocycles. The monoisotopic (exact) mass is 663 g/mol. The molecule has 2 fully saturated rings. The SMILES string of the molecule is CCC(C)n1ncn(-c2ccc(N3CCN(c4ccc(OC[C@@H]5CO[C@@](Cn6cnnn6)(c6ccc(C#N)cc6)O5)cn4)CC3)cc2)c1=O. The highest BCUT2D eigenvalue weighted by atomic mass is 16.8. The second-order valence-corrected chi connectivity index (χ2v) is 12.1. The Kier molecular flexibility index (Phi) is 9.05. The summed E-state index contributed by atoms with van der Waals surface area (Å²) in [6.45, 7) is 8.18. The summed E-state index contributed by atoms with van der Waals surface area (Å²) in [4.78, 5) is 22.1. The largest absolute Gasteiger partial charge is 0.489 e. The van der Waals surface area contributed by atoms with Crippen LogP contribution in [0.3, 0.4) is 0 Å². The van der Waals surface area contributed by atoms with Gasteiger partial charge in [0.05, 0.1) is 36.2 Å². The highest BCUT2D eigenvalue weighted by Gasteiger charge is 2.44. The Bertz CT molecular complexity index is 1930. The van der Waals surface area contributed by atoms with Crippen molar-refractivity contribution in [3.63, 3.8) is 0 Å². The fourth-order valence-corrected chi connectivity index (χ4v) is 6.06. The van der Waals surface area contributed by atoms with Crippen LogP contribution in [0.2, 0.25) is 0 Å². The molecule has 15 heteroatoms. The van der Waals surface area contributed by atoms with Gasteiger partial charge in [0, 0.05) is 37.4 Å². The Balaban J connectivity index is 0.920. The number of piperazine rings is 1. The molecule has 0 radical (unpaired) electrons. The lowest BCUT2D eigenvalue weighted by molar-refractivity contribution is -0.191. The summed E-state index contributed by atoms with van der Waals surface area (Å²) in [5.74, 6) is 0.401. The van der Waals surface area contributed by atoms with Crippen molar-refractivity contribution in [2.75, 3.05) is 49.2 Å². The summed E-state index contributed by atoms with van der Waals surface area (Å²) in [5.41, 5.74) is 3.09. The number of nitriles is 1. The van der Waals surface area contributed by atoms with Crippen LogP contribution in [0.5, 0.6) is 5.75 Å². The summed E-state index contributed by atoms with van der Waals surface area (Å²) < 4.78 is 23.4. The fraction of sp³-hybridized carbons (Fsp3) is 0.382. The first-order chi connectivity index (χ1) is 23.9. The summed E-state index contributed by atoms with van der Waals surface area (Å²) in [5, 5.41) is 24.9. The molecule has 2 aliphatic rings. The van der Waals surface area contributed by atoms with Crippen molar-refractivity contribution in [3.8, 4) is 17.5 Å². The van der Waals surface area contributed by atoms with Crippen LogP contribution in [0.25, 0.3) is 5.69 Å². The summed E-state index contributed by atoms with van der Waals surface area (Å²) >= 11 is 0. The third-order valence-electron chi connectivity index (χ3n) is 9.03. The average molecular weight is 664 g/mol. The Morgan fingerprint density at radius 1 is 1.00 bits per heavy atom. The molecule has 252 valence electrons. The van der Waals surface area contributed by atoms with Gasteiger partial charge in [-0.05, 0) is 72.3 Å². The molecule has 3 aromatic heterocycles. The molecular weight excluding hydrogens is 626 g/mol. The quantitative estimate of drug-likeness (QED) is 0.204. The minimum absolute atomic E-state index is 0.0580. The van der Waals surface area contributed by atoms with Gasteiger partial charge in [-0.25, -0.2) is 23.7 Å². The third-order valence-corrected chi connectivity index (χ3v) is 9.03. The van der Waals surface area contributed by atoms with Gasteiger partial charge in [0.25, 0.3) is 0 Å². The van der Waals surface area contributed by atoms with Crippen molar-refractivity contribution in [2.45, 2.75) is 44.7 Å². The molecule has 7 rings (SSSR count). The van der Waals surface area contributed by atoms with Gasteiger partial charge < -0.3 is 24.0 Å². The van der Waals surface area contributed by atoms with Crippen LogP contribution >= 0.6 is 0 Å². The summed E-state index contributed by atoms with van der Waals surface area (Å²) in [6.07, 6.45) is 5.32. The molecule has 3 atom stereocenters. The minimum Gasteiger partial charge on any atom is -0.489 e. The first-order valence-corrected chi connectivity index (χ1v) is 16.3. The highest BCUT2D eigenvalue weighted by molar-refractivity contribution is 5.53. The minimum atomic E-state index is -1.12. The number of tetrazole rings is 1. The molecular formula is C34H37N11O4. The van der Waals surface area contributed by atoms with E-state index >= 15 is 0 Å². The predicted molar refractivity (Wildman–Crippen MR) is 178 cm³/mol. The zero-order chi connectivity index (χ0) is 33.8. The molecule has 1 unspecified atom stereocenters. The first-order valence-electron chi connectivity index (χ1n) is 16.3. The Labute approximate surface area is 282 Å². The smallest absolute Gasteiger partial charge is 0.350 e. The van der Waals surface area contributed by atoms with E-state index < -0.39 is 5.79 Å². The number of nitrogens with zero attached hydrogens (tertiary/aromatic N) is 11. The van der Waals surface area contributed by atoms with E-state index in [4.69, 9.17) is 14.2 Å². The third kappa shape index (κ3) is 6.73. The zero-order valence-electron chi connectivity index (χ0n) is 27.4. The topological polar surface area (TPSA) is 154 Å². The van der Waals surface area contributed by atoms with Crippen LogP contribution in [0.1, 0.15) is 37.4 Å². The van der Waals surface area contributed by atoms with Crippen molar-refractivity contribution >= 4 is 11.5 Å². The van der Waals surface area contributed by atoms with Gasteiger partial charge in [-0.3, -0.25) is 0 Å². The molecule has 0 amide bonds. The fourth-order valence-electron chi connectivity index (χ4n) is 6.06. The molecule has 0 saturated carbocycles. The van der Waals surface area contributed by atoms with Crippen molar-refractivity contribution in [1.82, 2.24) is 39.5 Å². The molecule has 5 heterocycles. The van der Waals surface area contributed by atoms with E-state index in [0.29, 0.717) is 17.9 Å². The van der Waals surface area contributed by atoms with E-state index in [2.05, 4.69) is 53.6 Å². The van der Waals surface area contributed by atoms with Gasteiger partial charge in [0.2, 0.25) is 5.79 Å². The number of ether oxygens (including phenoxy) is 3. The second-order valence-electron chi connectivity index (χ2n) is 12.1. The molecule has 15 nitrogen and oxygen atoms in total. The molecule has 0 bridgehead atoms. The van der Waals surface area contributed by atoms with Crippen molar-refractivity contribution < 1.29 is 14.2 Å². The van der Waals surface area contributed by atoms with Gasteiger partial charge in [0.1, 0.15) is 43.5 Å². The molecule has 5 aromatic rings. The normalized spacial score (nSPS) is 19.9. The predicted octanol–water partition coefficient (Wildman–Crippen LogP) is 2.93. The van der Waals surface area contributed by atoms with Crippen molar-refractivity contribution in [1.29, 1.82) is 5.26 Å². The van der Waals surface area contributed by atoms with Gasteiger partial charge >= 0.3 is 5.69 Å². The standard InChI is InChI=1S/C34H37N11O4/c1-3-25(2)45-33(46)44(24-38-45)29-10-8-28(9-11-29)41-14-16-42(17-15-41)32-13-12-30(19-36-32)47-20-31-21-48-34(49-31,22-43-23-37-39-40-43)27-6-4-26(18-35)5-7-27/h4-13,19,23-25,31H,3,14-17,20-22H2,1-2H3/t25?,31-,34-/m1/s1. The Hall–Kier alpha value is -5.59. The molecule has 49 heavy (non-hydrogen) atoms. The van der Waals surface area contributed by atoms with E-state index in [1.54, 1.807) is 33.9 Å². The Morgan fingerprint density at radius 2 is 1.76 bits per heavy atom. The van der Waals surface area contributed by atoms with E-state index in [0.717, 1.165) is 55.4 Å². The second kappa shape index (κ2) is 13.9. The number of hydrogen-bond acceptors (Lipinski definition) is 12. The average Bonchev–Trinajstić information content (AvgIpc) is 3.92. The maximum atomic E-state index is 12.8. The van der Waals surface area contributed by atoms with E-state index in [1.165, 1.54) is 11.0 Å². The van der Waals surface area contributed by atoms with Gasteiger partial charge in [0.15, 0.2) is 0 Å². The summed E-state index contributed by atoms with van der Waals surface area (Å²) in [6, 6.07) is 21.2. The van der Waals surface area contributed by atoms with Crippen molar-refractivity contribution in [2.24, 2.45) is 0 Å². The zero-order valence-corrected chi connectivity index (χ0v) is 27.4. The van der Waals surface area contributed by atoms with Crippen LogP contribution < -0.4 is 20.2 Å². The number of hydrogen-bond donors (Lipinski definition) is 0. The maximum Gasteiger partial charge on any atom is 0.350 e. The molecule has 2 saturated heterocycles. The van der Waals surface area contributed by atoms with E-state index in [-0.39, 0.29) is 31.0 Å². The number of pyridine rings is 1. The molecule has 0 N–H and O–H groups in total. The highest BCUT2D eigenvalue weighted by Crippen LogP contribution is 2.36. The maximum absolute atomic E-state index is 12.8. The van der Waals surface area contributed by atoms with Gasteiger partial charge in [-0.1, -0.05) is 19.1 Å². The van der Waals surface area contributed by atoms with Crippen LogP contribution in [0, 0.1) is 11.3 Å². The number of anilines is 2. The lowest BCUT2D eigenvalue weighted by atomic mass is 10.0. The number of benzene rings is 2. The van der Waals surface area contributed by atoms with Crippen LogP contribution in [-0.4, -0.2) is 85.0 Å². The number of rotatable bonds is 11. The molecule has 2 aliphatic heterocycles. The summed E-state index contributed by atoms with van der Waals surface area (Å²) in [7, 11) is 0. The lowest BCUT2D eigenvalue weighted by Gasteiger charge is -2.36. The molecule has 0 spiro atoms. The van der Waals surface area contributed by atoms with Crippen molar-refractivity contribution in [3.05, 3.63) is 101 Å². The molecule has 2 aromatic carbocycles.